The van der Waals surface area contributed by atoms with Gasteiger partial charge in [-0.25, -0.2) is 0 Å². The number of likely N-dealkylation sites (N-methyl/N-ethyl adjacent to an activating group) is 1. The molecular formula is C14H16Cl2N2O3. The molecule has 2 rings (SSSR count). The summed E-state index contributed by atoms with van der Waals surface area (Å²) in [6.45, 7) is 2.62. The van der Waals surface area contributed by atoms with Crippen molar-refractivity contribution in [2.24, 2.45) is 0 Å². The summed E-state index contributed by atoms with van der Waals surface area (Å²) in [5, 5.41) is 0.554. The number of carbonyl (C=O) groups excluding carboxylic acids is 2. The second-order valence-electron chi connectivity index (χ2n) is 4.87. The molecular weight excluding hydrogens is 315 g/mol. The van der Waals surface area contributed by atoms with Crippen LogP contribution in [0.4, 0.5) is 0 Å². The fraction of sp³-hybridized carbons (Fsp3) is 0.429. The van der Waals surface area contributed by atoms with E-state index in [1.54, 1.807) is 31.0 Å². The summed E-state index contributed by atoms with van der Waals surface area (Å²) in [6, 6.07) is 2.57. The van der Waals surface area contributed by atoms with Crippen LogP contribution in [0.2, 0.25) is 10.0 Å². The molecule has 0 bridgehead atoms. The van der Waals surface area contributed by atoms with Gasteiger partial charge < -0.3 is 14.5 Å². The van der Waals surface area contributed by atoms with E-state index in [-0.39, 0.29) is 28.1 Å². The Labute approximate surface area is 133 Å². The van der Waals surface area contributed by atoms with Crippen molar-refractivity contribution in [2.45, 2.75) is 13.0 Å². The fourth-order valence-corrected chi connectivity index (χ4v) is 2.83. The number of benzene rings is 1. The van der Waals surface area contributed by atoms with Gasteiger partial charge in [0.1, 0.15) is 11.6 Å². The van der Waals surface area contributed by atoms with E-state index in [0.717, 1.165) is 0 Å². The number of amides is 2. The molecule has 0 saturated carbocycles. The van der Waals surface area contributed by atoms with E-state index in [0.29, 0.717) is 18.1 Å². The van der Waals surface area contributed by atoms with E-state index < -0.39 is 6.04 Å². The number of carbonyl (C=O) groups is 2. The number of hydrogen-bond acceptors (Lipinski definition) is 3. The monoisotopic (exact) mass is 330 g/mol. The molecule has 1 fully saturated rings. The quantitative estimate of drug-likeness (QED) is 0.836. The predicted octanol–water partition coefficient (Wildman–Crippen LogP) is 2.30. The van der Waals surface area contributed by atoms with Crippen LogP contribution in [0.15, 0.2) is 12.1 Å². The van der Waals surface area contributed by atoms with Gasteiger partial charge in [-0.15, -0.1) is 0 Å². The van der Waals surface area contributed by atoms with Gasteiger partial charge >= 0.3 is 0 Å². The van der Waals surface area contributed by atoms with Gasteiger partial charge in [-0.3, -0.25) is 9.59 Å². The van der Waals surface area contributed by atoms with Crippen molar-refractivity contribution in [3.8, 4) is 5.75 Å². The van der Waals surface area contributed by atoms with E-state index in [9.17, 15) is 9.59 Å². The number of hydrogen-bond donors (Lipinski definition) is 0. The van der Waals surface area contributed by atoms with Crippen LogP contribution in [0.5, 0.6) is 5.75 Å². The molecule has 2 amide bonds. The van der Waals surface area contributed by atoms with Gasteiger partial charge in [-0.1, -0.05) is 23.2 Å². The van der Waals surface area contributed by atoms with Crippen molar-refractivity contribution < 1.29 is 14.3 Å². The SMILES string of the molecule is COc1c(Cl)ccc(Cl)c1C(=O)N1CCN(C)C(=O)C1C. The first kappa shape index (κ1) is 15.9. The van der Waals surface area contributed by atoms with Crippen LogP contribution in [0.25, 0.3) is 0 Å². The minimum atomic E-state index is -0.545. The minimum Gasteiger partial charge on any atom is -0.494 e. The first-order valence-corrected chi connectivity index (χ1v) is 7.22. The summed E-state index contributed by atoms with van der Waals surface area (Å²) in [4.78, 5) is 27.9. The molecule has 1 aromatic rings. The number of methoxy groups -OCH3 is 1. The Hall–Kier alpha value is -1.46. The Morgan fingerprint density at radius 1 is 1.29 bits per heavy atom. The maximum absolute atomic E-state index is 12.7. The van der Waals surface area contributed by atoms with Gasteiger partial charge in [0.05, 0.1) is 17.2 Å². The summed E-state index contributed by atoms with van der Waals surface area (Å²) >= 11 is 12.2. The Morgan fingerprint density at radius 3 is 2.52 bits per heavy atom. The molecule has 0 aromatic heterocycles. The minimum absolute atomic E-state index is 0.105. The van der Waals surface area contributed by atoms with Crippen LogP contribution in [0.3, 0.4) is 0 Å². The number of ether oxygens (including phenoxy) is 1. The van der Waals surface area contributed by atoms with Crippen LogP contribution < -0.4 is 4.74 Å². The van der Waals surface area contributed by atoms with Crippen molar-refractivity contribution in [1.29, 1.82) is 0 Å². The van der Waals surface area contributed by atoms with Gasteiger partial charge in [0.25, 0.3) is 5.91 Å². The van der Waals surface area contributed by atoms with Crippen molar-refractivity contribution >= 4 is 35.0 Å². The van der Waals surface area contributed by atoms with Gasteiger partial charge in [0.2, 0.25) is 5.91 Å². The third-order valence-electron chi connectivity index (χ3n) is 3.62. The number of rotatable bonds is 2. The second kappa shape index (κ2) is 6.12. The lowest BCUT2D eigenvalue weighted by Gasteiger charge is -2.37. The van der Waals surface area contributed by atoms with Crippen molar-refractivity contribution in [2.75, 3.05) is 27.2 Å². The van der Waals surface area contributed by atoms with E-state index >= 15 is 0 Å². The maximum Gasteiger partial charge on any atom is 0.259 e. The molecule has 114 valence electrons. The molecule has 1 aromatic carbocycles. The van der Waals surface area contributed by atoms with E-state index in [2.05, 4.69) is 0 Å². The summed E-state index contributed by atoms with van der Waals surface area (Å²) in [5.41, 5.74) is 0.191. The lowest BCUT2D eigenvalue weighted by Crippen LogP contribution is -2.56. The Morgan fingerprint density at radius 2 is 1.90 bits per heavy atom. The highest BCUT2D eigenvalue weighted by atomic mass is 35.5. The second-order valence-corrected chi connectivity index (χ2v) is 5.69. The smallest absolute Gasteiger partial charge is 0.259 e. The first-order chi connectivity index (χ1) is 9.88. The molecule has 1 aliphatic rings. The standard InChI is InChI=1S/C14H16Cl2N2O3/c1-8-13(19)17(2)6-7-18(8)14(20)11-9(15)4-5-10(16)12(11)21-3/h4-5,8H,6-7H2,1-3H3. The van der Waals surface area contributed by atoms with E-state index in [1.165, 1.54) is 12.0 Å². The third-order valence-corrected chi connectivity index (χ3v) is 4.23. The molecule has 0 spiro atoms. The highest BCUT2D eigenvalue weighted by Gasteiger charge is 2.35. The van der Waals surface area contributed by atoms with E-state index in [4.69, 9.17) is 27.9 Å². The van der Waals surface area contributed by atoms with Gasteiger partial charge in [-0.2, -0.15) is 0 Å². The Kier molecular flexibility index (Phi) is 4.64. The zero-order valence-corrected chi connectivity index (χ0v) is 13.5. The van der Waals surface area contributed by atoms with Crippen molar-refractivity contribution in [3.05, 3.63) is 27.7 Å². The summed E-state index contributed by atoms with van der Waals surface area (Å²) in [6.07, 6.45) is 0. The maximum atomic E-state index is 12.7. The van der Waals surface area contributed by atoms with Crippen LogP contribution >= 0.6 is 23.2 Å². The molecule has 1 atom stereocenters. The van der Waals surface area contributed by atoms with Crippen LogP contribution in [0.1, 0.15) is 17.3 Å². The highest BCUT2D eigenvalue weighted by Crippen LogP contribution is 2.35. The molecule has 1 heterocycles. The van der Waals surface area contributed by atoms with Gasteiger partial charge in [-0.05, 0) is 19.1 Å². The predicted molar refractivity (Wildman–Crippen MR) is 81.1 cm³/mol. The van der Waals surface area contributed by atoms with Gasteiger partial charge in [0, 0.05) is 20.1 Å². The average Bonchev–Trinajstić information content (AvgIpc) is 2.46. The van der Waals surface area contributed by atoms with Crippen molar-refractivity contribution in [1.82, 2.24) is 9.80 Å². The highest BCUT2D eigenvalue weighted by molar-refractivity contribution is 6.37. The molecule has 21 heavy (non-hydrogen) atoms. The van der Waals surface area contributed by atoms with Crippen LogP contribution in [-0.2, 0) is 4.79 Å². The van der Waals surface area contributed by atoms with Crippen molar-refractivity contribution in [3.63, 3.8) is 0 Å². The first-order valence-electron chi connectivity index (χ1n) is 6.46. The molecule has 0 N–H and O–H groups in total. The van der Waals surface area contributed by atoms with Crippen LogP contribution in [-0.4, -0.2) is 54.9 Å². The summed E-state index contributed by atoms with van der Waals surface area (Å²) < 4.78 is 5.19. The molecule has 1 unspecified atom stereocenters. The molecule has 7 heteroatoms. The van der Waals surface area contributed by atoms with Gasteiger partial charge in [0.15, 0.2) is 5.75 Å². The Balaban J connectivity index is 2.41. The molecule has 1 saturated heterocycles. The topological polar surface area (TPSA) is 49.9 Å². The normalized spacial score (nSPS) is 18.9. The molecule has 0 aliphatic carbocycles. The zero-order chi connectivity index (χ0) is 15.7. The van der Waals surface area contributed by atoms with E-state index in [1.807, 2.05) is 0 Å². The largest absolute Gasteiger partial charge is 0.494 e. The summed E-state index contributed by atoms with van der Waals surface area (Å²) in [7, 11) is 3.14. The zero-order valence-electron chi connectivity index (χ0n) is 12.0. The van der Waals surface area contributed by atoms with Crippen LogP contribution in [0, 0.1) is 0 Å². The summed E-state index contributed by atoms with van der Waals surface area (Å²) in [5.74, 6) is -0.229. The lowest BCUT2D eigenvalue weighted by molar-refractivity contribution is -0.137. The molecule has 1 aliphatic heterocycles. The Bertz CT molecular complexity index is 592. The average molecular weight is 331 g/mol. The number of piperazine rings is 1. The molecule has 5 nitrogen and oxygen atoms in total. The fourth-order valence-electron chi connectivity index (χ4n) is 2.37. The lowest BCUT2D eigenvalue weighted by atomic mass is 10.1. The third kappa shape index (κ3) is 2.80. The molecule has 0 radical (unpaired) electrons. The number of nitrogens with zero attached hydrogens (tertiary/aromatic N) is 2. The number of halogens is 2.